The molecule has 0 aliphatic heterocycles. The third kappa shape index (κ3) is 5.14. The van der Waals surface area contributed by atoms with E-state index >= 15 is 0 Å². The summed E-state index contributed by atoms with van der Waals surface area (Å²) in [5.74, 6) is 5.67. The Labute approximate surface area is 154 Å². The van der Waals surface area contributed by atoms with Crippen LogP contribution in [-0.4, -0.2) is 24.1 Å². The predicted octanol–water partition coefficient (Wildman–Crippen LogP) is 5.83. The Kier molecular flexibility index (Phi) is 6.92. The molecule has 0 spiro atoms. The van der Waals surface area contributed by atoms with Gasteiger partial charge in [0.25, 0.3) is 0 Å². The number of hydrogen-bond donors (Lipinski definition) is 1. The zero-order valence-corrected chi connectivity index (χ0v) is 16.8. The van der Waals surface area contributed by atoms with Gasteiger partial charge in [0.1, 0.15) is 0 Å². The second kappa shape index (κ2) is 8.94. The quantitative estimate of drug-likeness (QED) is 0.416. The maximum absolute atomic E-state index is 3.63. The first-order chi connectivity index (χ1) is 11.6. The predicted molar refractivity (Wildman–Crippen MR) is 109 cm³/mol. The lowest BCUT2D eigenvalue weighted by Gasteiger charge is -2.54. The van der Waals surface area contributed by atoms with Crippen molar-refractivity contribution in [3.05, 3.63) is 23.3 Å². The van der Waals surface area contributed by atoms with E-state index in [1.165, 1.54) is 36.3 Å². The Hall–Kier alpha value is -0.210. The Morgan fingerprint density at radius 3 is 2.25 bits per heavy atom. The van der Waals surface area contributed by atoms with Gasteiger partial charge < -0.3 is 5.32 Å². The fourth-order valence-electron chi connectivity index (χ4n) is 5.45. The number of allylic oxidation sites excluding steroid dienone is 3. The molecule has 0 amide bonds. The molecule has 136 valence electrons. The molecule has 0 saturated heterocycles. The maximum Gasteiger partial charge on any atom is 0.0137 e. The maximum atomic E-state index is 3.63. The van der Waals surface area contributed by atoms with Crippen molar-refractivity contribution in [2.75, 3.05) is 18.8 Å². The van der Waals surface area contributed by atoms with E-state index in [1.807, 2.05) is 0 Å². The normalized spacial score (nSPS) is 34.6. The summed E-state index contributed by atoms with van der Waals surface area (Å²) in [5, 5.41) is 4.63. The molecule has 0 radical (unpaired) electrons. The van der Waals surface area contributed by atoms with Crippen LogP contribution < -0.4 is 5.32 Å². The lowest BCUT2D eigenvalue weighted by molar-refractivity contribution is 0.0267. The van der Waals surface area contributed by atoms with Crippen LogP contribution >= 0.6 is 11.8 Å². The number of nitrogens with one attached hydrogen (secondary N) is 1. The van der Waals surface area contributed by atoms with Crippen LogP contribution in [0, 0.1) is 23.7 Å². The summed E-state index contributed by atoms with van der Waals surface area (Å²) in [6.45, 7) is 8.85. The Balaban J connectivity index is 1.27. The van der Waals surface area contributed by atoms with Gasteiger partial charge >= 0.3 is 0 Å². The molecule has 24 heavy (non-hydrogen) atoms. The van der Waals surface area contributed by atoms with Gasteiger partial charge in [-0.2, -0.15) is 11.8 Å². The highest BCUT2D eigenvalue weighted by molar-refractivity contribution is 7.99. The Bertz CT molecular complexity index is 433. The first-order valence-electron chi connectivity index (χ1n) is 10.2. The van der Waals surface area contributed by atoms with Gasteiger partial charge in [-0.05, 0) is 89.4 Å². The lowest BCUT2D eigenvalue weighted by atomic mass is 9.56. The monoisotopic (exact) mass is 347 g/mol. The minimum absolute atomic E-state index is 1.00. The van der Waals surface area contributed by atoms with Gasteiger partial charge in [0.2, 0.25) is 0 Å². The van der Waals surface area contributed by atoms with E-state index in [1.54, 1.807) is 32.1 Å². The third-order valence-electron chi connectivity index (χ3n) is 6.42. The van der Waals surface area contributed by atoms with E-state index in [2.05, 4.69) is 50.0 Å². The van der Waals surface area contributed by atoms with Crippen molar-refractivity contribution in [2.45, 2.75) is 71.0 Å². The van der Waals surface area contributed by atoms with E-state index < -0.39 is 0 Å². The smallest absolute Gasteiger partial charge is 0.0137 e. The molecule has 0 aromatic heterocycles. The average molecular weight is 348 g/mol. The second-order valence-corrected chi connectivity index (χ2v) is 10.1. The third-order valence-corrected chi connectivity index (χ3v) is 8.01. The highest BCUT2D eigenvalue weighted by Crippen LogP contribution is 2.56. The molecule has 4 aliphatic rings. The van der Waals surface area contributed by atoms with Crippen molar-refractivity contribution in [3.63, 3.8) is 0 Å². The van der Waals surface area contributed by atoms with Gasteiger partial charge in [-0.15, -0.1) is 0 Å². The molecule has 1 N–H and O–H groups in total. The molecule has 4 bridgehead atoms. The zero-order valence-electron chi connectivity index (χ0n) is 16.0. The van der Waals surface area contributed by atoms with Crippen molar-refractivity contribution >= 4 is 11.8 Å². The molecule has 0 unspecified atom stereocenters. The van der Waals surface area contributed by atoms with Crippen LogP contribution in [0.1, 0.15) is 65.7 Å². The zero-order chi connectivity index (χ0) is 16.9. The van der Waals surface area contributed by atoms with Crippen LogP contribution in [0.25, 0.3) is 0 Å². The topological polar surface area (TPSA) is 12.0 Å². The molecular formula is C22H37NS. The summed E-state index contributed by atoms with van der Waals surface area (Å²) in [7, 11) is 0. The standard InChI is InChI=1S/C22H37NS/c1-16(2)5-4-6-17(3)7-8-23-9-10-24-22-20-12-18-11-19(14-20)15-21(22)13-18/h5,7,18-23H,4,6,8-15H2,1-3H3/b17-7+. The van der Waals surface area contributed by atoms with E-state index in [9.17, 15) is 0 Å². The first-order valence-corrected chi connectivity index (χ1v) is 11.3. The van der Waals surface area contributed by atoms with E-state index in [0.29, 0.717) is 0 Å². The molecule has 4 aliphatic carbocycles. The van der Waals surface area contributed by atoms with E-state index in [-0.39, 0.29) is 0 Å². The van der Waals surface area contributed by atoms with Crippen LogP contribution in [0.2, 0.25) is 0 Å². The summed E-state index contributed by atoms with van der Waals surface area (Å²) in [6, 6.07) is 0. The molecule has 0 heterocycles. The Morgan fingerprint density at radius 2 is 1.62 bits per heavy atom. The molecule has 4 saturated carbocycles. The molecule has 2 heteroatoms. The van der Waals surface area contributed by atoms with Gasteiger partial charge in [0.05, 0.1) is 0 Å². The fourth-order valence-corrected chi connectivity index (χ4v) is 6.98. The largest absolute Gasteiger partial charge is 0.312 e. The van der Waals surface area contributed by atoms with Crippen LogP contribution in [0.3, 0.4) is 0 Å². The van der Waals surface area contributed by atoms with Gasteiger partial charge in [0, 0.05) is 24.1 Å². The number of rotatable bonds is 9. The van der Waals surface area contributed by atoms with Gasteiger partial charge in [0.15, 0.2) is 0 Å². The summed E-state index contributed by atoms with van der Waals surface area (Å²) in [5.41, 5.74) is 2.96. The van der Waals surface area contributed by atoms with Crippen molar-refractivity contribution in [2.24, 2.45) is 23.7 Å². The average Bonchev–Trinajstić information content (AvgIpc) is 2.51. The van der Waals surface area contributed by atoms with E-state index in [4.69, 9.17) is 0 Å². The van der Waals surface area contributed by atoms with E-state index in [0.717, 1.165) is 35.5 Å². The highest BCUT2D eigenvalue weighted by atomic mass is 32.2. The van der Waals surface area contributed by atoms with Crippen LogP contribution in [0.4, 0.5) is 0 Å². The lowest BCUT2D eigenvalue weighted by Crippen LogP contribution is -2.47. The van der Waals surface area contributed by atoms with Crippen LogP contribution in [0.5, 0.6) is 0 Å². The van der Waals surface area contributed by atoms with Crippen LogP contribution in [-0.2, 0) is 0 Å². The van der Waals surface area contributed by atoms with Gasteiger partial charge in [-0.3, -0.25) is 0 Å². The van der Waals surface area contributed by atoms with Crippen molar-refractivity contribution in [1.82, 2.24) is 5.32 Å². The second-order valence-electron chi connectivity index (χ2n) is 8.84. The summed E-state index contributed by atoms with van der Waals surface area (Å²) < 4.78 is 0. The minimum Gasteiger partial charge on any atom is -0.312 e. The summed E-state index contributed by atoms with van der Waals surface area (Å²) in [4.78, 5) is 0. The van der Waals surface area contributed by atoms with Crippen molar-refractivity contribution < 1.29 is 0 Å². The molecule has 1 nitrogen and oxygen atoms in total. The Morgan fingerprint density at radius 1 is 0.958 bits per heavy atom. The number of thioether (sulfide) groups is 1. The fraction of sp³-hybridized carbons (Fsp3) is 0.818. The molecule has 0 atom stereocenters. The van der Waals surface area contributed by atoms with Crippen molar-refractivity contribution in [3.8, 4) is 0 Å². The van der Waals surface area contributed by atoms with Gasteiger partial charge in [-0.25, -0.2) is 0 Å². The molecule has 0 aromatic carbocycles. The number of hydrogen-bond acceptors (Lipinski definition) is 2. The SMILES string of the molecule is CC(C)=CCC/C(C)=C/CNCCSC1C2CC3CC(C2)CC1C3. The van der Waals surface area contributed by atoms with Crippen LogP contribution in [0.15, 0.2) is 23.3 Å². The molecule has 0 aromatic rings. The van der Waals surface area contributed by atoms with Gasteiger partial charge in [-0.1, -0.05) is 23.3 Å². The summed E-state index contributed by atoms with van der Waals surface area (Å²) in [6.07, 6.45) is 14.9. The van der Waals surface area contributed by atoms with Crippen molar-refractivity contribution in [1.29, 1.82) is 0 Å². The highest BCUT2D eigenvalue weighted by Gasteiger charge is 2.48. The molecular weight excluding hydrogens is 310 g/mol. The first kappa shape index (κ1) is 18.6. The molecule has 4 rings (SSSR count). The minimum atomic E-state index is 1.00. The summed E-state index contributed by atoms with van der Waals surface area (Å²) >= 11 is 2.30. The molecule has 4 fully saturated rings.